The zero-order valence-electron chi connectivity index (χ0n) is 17.6. The lowest BCUT2D eigenvalue weighted by Crippen LogP contribution is -2.78. The number of benzene rings is 1. The van der Waals surface area contributed by atoms with Crippen LogP contribution < -0.4 is 21.2 Å². The van der Waals surface area contributed by atoms with Crippen LogP contribution in [-0.2, 0) is 9.53 Å². The van der Waals surface area contributed by atoms with Crippen molar-refractivity contribution in [2.45, 2.75) is 32.5 Å². The second kappa shape index (κ2) is 10.2. The Kier molecular flexibility index (Phi) is 5.29. The summed E-state index contributed by atoms with van der Waals surface area (Å²) in [6, 6.07) is 5.17. The van der Waals surface area contributed by atoms with Crippen molar-refractivity contribution in [1.82, 2.24) is 0 Å². The fourth-order valence-corrected chi connectivity index (χ4v) is 1.75. The molecule has 0 fully saturated rings. The monoisotopic (exact) mass is 327 g/mol. The fourth-order valence-electron chi connectivity index (χ4n) is 1.75. The van der Waals surface area contributed by atoms with Crippen molar-refractivity contribution in [1.29, 1.82) is 0 Å². The largest absolute Gasteiger partial charge is 0.462 e. The zero-order valence-corrected chi connectivity index (χ0v) is 12.6. The molecule has 0 spiro atoms. The molecule has 0 amide bonds. The van der Waals surface area contributed by atoms with Gasteiger partial charge in [0.2, 0.25) is 0 Å². The van der Waals surface area contributed by atoms with E-state index in [1.165, 1.54) is 24.3 Å². The molecule has 0 aliphatic rings. The minimum Gasteiger partial charge on any atom is -0.462 e. The number of carbonyl (C=O) groups excluding carboxylic acids is 2. The highest BCUT2D eigenvalue weighted by Crippen LogP contribution is 2.14. The maximum atomic E-state index is 11.9. The van der Waals surface area contributed by atoms with Crippen LogP contribution in [0.2, 0.25) is 0 Å². The lowest BCUT2D eigenvalue weighted by atomic mass is 10.2. The van der Waals surface area contributed by atoms with Gasteiger partial charge in [-0.25, -0.2) is 4.79 Å². The standard InChI is InChI=1S/C16H23N3O4/c1-2-22-15(21)12-7-9-13(10-8-12)23-14(20)6-4-3-5-11-19-16(17)18/h7-10H,2-6,11H2,1H3,(H4,17,18,19)/p+1/i1D3,2D2. The highest BCUT2D eigenvalue weighted by Gasteiger charge is 2.08. The van der Waals surface area contributed by atoms with Gasteiger partial charge in [0, 0.05) is 10.5 Å². The number of carbonyl (C=O) groups is 2. The number of esters is 2. The van der Waals surface area contributed by atoms with Crippen LogP contribution in [0.25, 0.3) is 0 Å². The van der Waals surface area contributed by atoms with E-state index in [1.54, 1.807) is 0 Å². The summed E-state index contributed by atoms with van der Waals surface area (Å²) in [6.07, 6.45) is 2.42. The van der Waals surface area contributed by atoms with Gasteiger partial charge < -0.3 is 9.47 Å². The minimum absolute atomic E-state index is 0.0728. The summed E-state index contributed by atoms with van der Waals surface area (Å²) in [7, 11) is 0. The summed E-state index contributed by atoms with van der Waals surface area (Å²) >= 11 is 0. The normalized spacial score (nSPS) is 14.3. The fraction of sp³-hybridized carbons (Fsp3) is 0.438. The molecule has 0 atom stereocenters. The minimum atomic E-state index is -3.11. The summed E-state index contributed by atoms with van der Waals surface area (Å²) in [4.78, 5) is 26.4. The molecule has 1 aromatic carbocycles. The first-order valence-electron chi connectivity index (χ1n) is 9.58. The molecule has 0 radical (unpaired) electrons. The Morgan fingerprint density at radius 3 is 2.61 bits per heavy atom. The van der Waals surface area contributed by atoms with E-state index in [9.17, 15) is 9.59 Å². The van der Waals surface area contributed by atoms with E-state index in [1.807, 2.05) is 0 Å². The Balaban J connectivity index is 2.47. The van der Waals surface area contributed by atoms with Crippen molar-refractivity contribution in [3.05, 3.63) is 29.8 Å². The molecular weight excluding hydrogens is 298 g/mol. The number of rotatable bonds is 9. The Morgan fingerprint density at radius 2 is 1.96 bits per heavy atom. The number of hydrogen-bond acceptors (Lipinski definition) is 4. The summed E-state index contributed by atoms with van der Waals surface area (Å²) < 4.78 is 45.2. The van der Waals surface area contributed by atoms with Gasteiger partial charge in [-0.05, 0) is 50.4 Å². The van der Waals surface area contributed by atoms with Crippen molar-refractivity contribution in [2.75, 3.05) is 13.1 Å². The summed E-state index contributed by atoms with van der Waals surface area (Å²) in [5.41, 5.74) is 10.4. The molecule has 0 saturated carbocycles. The first-order chi connectivity index (χ1) is 12.9. The third-order valence-corrected chi connectivity index (χ3v) is 2.85. The lowest BCUT2D eigenvalue weighted by molar-refractivity contribution is -0.459. The third kappa shape index (κ3) is 7.85. The van der Waals surface area contributed by atoms with E-state index < -0.39 is 25.3 Å². The molecular formula is C16H24N3O4+. The zero-order chi connectivity index (χ0) is 21.4. The summed E-state index contributed by atoms with van der Waals surface area (Å²) in [5, 5.41) is 0. The average molecular weight is 327 g/mol. The van der Waals surface area contributed by atoms with Gasteiger partial charge in [0.1, 0.15) is 5.75 Å². The van der Waals surface area contributed by atoms with Crippen LogP contribution in [0, 0.1) is 0 Å². The smallest absolute Gasteiger partial charge is 0.338 e. The Labute approximate surface area is 142 Å². The van der Waals surface area contributed by atoms with Gasteiger partial charge in [-0.15, -0.1) is 0 Å². The molecule has 126 valence electrons. The highest BCUT2D eigenvalue weighted by molar-refractivity contribution is 5.89. The van der Waals surface area contributed by atoms with E-state index in [0.717, 1.165) is 12.8 Å². The van der Waals surface area contributed by atoms with Crippen LogP contribution in [-0.4, -0.2) is 31.0 Å². The number of nitrogens with one attached hydrogen (secondary N) is 1. The van der Waals surface area contributed by atoms with Gasteiger partial charge >= 0.3 is 17.9 Å². The van der Waals surface area contributed by atoms with Crippen molar-refractivity contribution < 1.29 is 30.9 Å². The maximum absolute atomic E-state index is 11.9. The molecule has 1 rings (SSSR count). The predicted molar refractivity (Wildman–Crippen MR) is 85.7 cm³/mol. The number of nitrogens with two attached hydrogens (primary N) is 2. The first-order valence-corrected chi connectivity index (χ1v) is 7.08. The quantitative estimate of drug-likeness (QED) is 0.188. The van der Waals surface area contributed by atoms with Crippen molar-refractivity contribution >= 4 is 17.9 Å². The first kappa shape index (κ1) is 11.9. The maximum Gasteiger partial charge on any atom is 0.338 e. The molecule has 0 unspecified atom stereocenters. The van der Waals surface area contributed by atoms with E-state index in [-0.39, 0.29) is 23.7 Å². The van der Waals surface area contributed by atoms with Crippen molar-refractivity contribution in [3.63, 3.8) is 0 Å². The van der Waals surface area contributed by atoms with E-state index in [0.29, 0.717) is 13.0 Å². The van der Waals surface area contributed by atoms with Crippen LogP contribution >= 0.6 is 0 Å². The number of hydrogen-bond donors (Lipinski definition) is 3. The number of ether oxygens (including phenoxy) is 2. The molecule has 0 aliphatic carbocycles. The summed E-state index contributed by atoms with van der Waals surface area (Å²) in [5.74, 6) is -1.22. The molecule has 0 aliphatic heterocycles. The molecule has 0 heterocycles. The van der Waals surface area contributed by atoms with Crippen LogP contribution in [0.1, 0.15) is 49.7 Å². The molecule has 0 bridgehead atoms. The van der Waals surface area contributed by atoms with Crippen LogP contribution in [0.5, 0.6) is 5.75 Å². The lowest BCUT2D eigenvalue weighted by Gasteiger charge is -2.05. The van der Waals surface area contributed by atoms with Gasteiger partial charge in [-0.2, -0.15) is 0 Å². The predicted octanol–water partition coefficient (Wildman–Crippen LogP) is -0.317. The average Bonchev–Trinajstić information content (AvgIpc) is 2.57. The van der Waals surface area contributed by atoms with Gasteiger partial charge in [-0.3, -0.25) is 21.3 Å². The third-order valence-electron chi connectivity index (χ3n) is 2.85. The van der Waals surface area contributed by atoms with Crippen LogP contribution in [0.3, 0.4) is 0 Å². The molecule has 23 heavy (non-hydrogen) atoms. The Bertz CT molecular complexity index is 701. The summed E-state index contributed by atoms with van der Waals surface area (Å²) in [6.45, 7) is -5.60. The second-order valence-electron chi connectivity index (χ2n) is 4.68. The van der Waals surface area contributed by atoms with Gasteiger partial charge in [0.15, 0.2) is 0 Å². The Morgan fingerprint density at radius 1 is 1.22 bits per heavy atom. The SMILES string of the molecule is [2H]C([2H])([2H])C([2H])([2H])OC(=O)c1ccc(OC(=O)CCCCC[NH+]=C(N)N)cc1. The van der Waals surface area contributed by atoms with E-state index >= 15 is 0 Å². The van der Waals surface area contributed by atoms with E-state index in [2.05, 4.69) is 9.73 Å². The van der Waals surface area contributed by atoms with Crippen molar-refractivity contribution in [3.8, 4) is 5.75 Å². The highest BCUT2D eigenvalue weighted by atomic mass is 16.5. The Hall–Kier alpha value is -2.57. The molecule has 0 saturated heterocycles. The van der Waals surface area contributed by atoms with Gasteiger partial charge in [-0.1, -0.05) is 0 Å². The number of guanidine groups is 1. The number of unbranched alkanes of at least 4 members (excludes halogenated alkanes) is 2. The molecule has 1 aromatic rings. The molecule has 7 heteroatoms. The van der Waals surface area contributed by atoms with Gasteiger partial charge in [0.05, 0.1) is 21.4 Å². The van der Waals surface area contributed by atoms with Crippen LogP contribution in [0.15, 0.2) is 24.3 Å². The van der Waals surface area contributed by atoms with Crippen LogP contribution in [0.4, 0.5) is 0 Å². The van der Waals surface area contributed by atoms with Gasteiger partial charge in [0.25, 0.3) is 0 Å². The second-order valence-corrected chi connectivity index (χ2v) is 4.68. The molecule has 5 N–H and O–H groups in total. The van der Waals surface area contributed by atoms with Crippen molar-refractivity contribution in [2.24, 2.45) is 11.5 Å². The topological polar surface area (TPSA) is 119 Å². The molecule has 7 nitrogen and oxygen atoms in total. The molecule has 0 aromatic heterocycles. The van der Waals surface area contributed by atoms with E-state index in [4.69, 9.17) is 23.1 Å².